The van der Waals surface area contributed by atoms with Crippen LogP contribution in [0.4, 0.5) is 5.13 Å². The van der Waals surface area contributed by atoms with Crippen LogP contribution in [0.15, 0.2) is 11.4 Å². The summed E-state index contributed by atoms with van der Waals surface area (Å²) < 4.78 is 0.999. The van der Waals surface area contributed by atoms with Gasteiger partial charge in [0.15, 0.2) is 10.8 Å². The highest BCUT2D eigenvalue weighted by Crippen LogP contribution is 2.35. The summed E-state index contributed by atoms with van der Waals surface area (Å²) in [7, 11) is 0. The van der Waals surface area contributed by atoms with E-state index < -0.39 is 0 Å². The average molecular weight is 392 g/mol. The van der Waals surface area contributed by atoms with Crippen molar-refractivity contribution in [3.8, 4) is 0 Å². The molecule has 1 N–H and O–H groups in total. The number of nitrogens with one attached hydrogen (secondary N) is 1. The van der Waals surface area contributed by atoms with Crippen molar-refractivity contribution in [3.05, 3.63) is 6.33 Å². The number of nitrogens with zero attached hydrogens (tertiary/aromatic N) is 4. The van der Waals surface area contributed by atoms with E-state index in [0.717, 1.165) is 46.4 Å². The highest BCUT2D eigenvalue weighted by molar-refractivity contribution is 8.00. The number of amides is 1. The molecule has 1 amide bonds. The highest BCUT2D eigenvalue weighted by Gasteiger charge is 2.22. The largest absolute Gasteiger partial charge is 0.353 e. The van der Waals surface area contributed by atoms with Gasteiger partial charge in [-0.25, -0.2) is 9.97 Å². The van der Waals surface area contributed by atoms with Crippen molar-refractivity contribution in [2.75, 3.05) is 23.7 Å². The van der Waals surface area contributed by atoms with Gasteiger partial charge in [-0.3, -0.25) is 4.79 Å². The van der Waals surface area contributed by atoms with Crippen LogP contribution in [0.3, 0.4) is 0 Å². The summed E-state index contributed by atoms with van der Waals surface area (Å²) in [6, 6.07) is 0.365. The Morgan fingerprint density at radius 1 is 1.31 bits per heavy atom. The molecule has 0 radical (unpaired) electrons. The maximum absolute atomic E-state index is 12.2. The Balaban J connectivity index is 1.44. The molecule has 140 valence electrons. The number of anilines is 1. The van der Waals surface area contributed by atoms with Gasteiger partial charge in [-0.05, 0) is 31.6 Å². The SMILES string of the molecule is CC1CCCN(c2nc3ncnc(SCC(=O)NC4CCCC4)c3s2)C1. The molecule has 0 aromatic carbocycles. The van der Waals surface area contributed by atoms with Gasteiger partial charge >= 0.3 is 0 Å². The lowest BCUT2D eigenvalue weighted by Crippen LogP contribution is -2.34. The third-order valence-corrected chi connectivity index (χ3v) is 7.37. The van der Waals surface area contributed by atoms with Crippen molar-refractivity contribution in [2.45, 2.75) is 56.5 Å². The zero-order valence-corrected chi connectivity index (χ0v) is 16.7. The third kappa shape index (κ3) is 4.11. The van der Waals surface area contributed by atoms with Crippen molar-refractivity contribution in [1.29, 1.82) is 0 Å². The molecule has 1 atom stereocenters. The Morgan fingerprint density at radius 2 is 2.15 bits per heavy atom. The number of fused-ring (bicyclic) bond motifs is 1. The molecule has 0 bridgehead atoms. The molecule has 2 fully saturated rings. The molecule has 2 aliphatic rings. The molecule has 2 aromatic heterocycles. The van der Waals surface area contributed by atoms with Crippen molar-refractivity contribution >= 4 is 44.5 Å². The van der Waals surface area contributed by atoms with Gasteiger partial charge in [-0.15, -0.1) is 0 Å². The molecule has 8 heteroatoms. The lowest BCUT2D eigenvalue weighted by Gasteiger charge is -2.30. The highest BCUT2D eigenvalue weighted by atomic mass is 32.2. The molecule has 1 aliphatic carbocycles. The summed E-state index contributed by atoms with van der Waals surface area (Å²) in [5, 5.41) is 5.03. The van der Waals surface area contributed by atoms with Gasteiger partial charge in [0.25, 0.3) is 0 Å². The number of rotatable bonds is 5. The predicted molar refractivity (Wildman–Crippen MR) is 107 cm³/mol. The van der Waals surface area contributed by atoms with Crippen LogP contribution in [0.5, 0.6) is 0 Å². The summed E-state index contributed by atoms with van der Waals surface area (Å²) in [5.74, 6) is 1.20. The number of carbonyl (C=O) groups excluding carboxylic acids is 1. The zero-order chi connectivity index (χ0) is 17.9. The number of thioether (sulfide) groups is 1. The van der Waals surface area contributed by atoms with Gasteiger partial charge in [-0.1, -0.05) is 42.9 Å². The molecule has 1 unspecified atom stereocenters. The minimum absolute atomic E-state index is 0.100. The molecule has 2 aromatic rings. The number of thiazole rings is 1. The van der Waals surface area contributed by atoms with Gasteiger partial charge in [-0.2, -0.15) is 4.98 Å². The van der Waals surface area contributed by atoms with E-state index in [2.05, 4.69) is 27.1 Å². The number of aromatic nitrogens is 3. The summed E-state index contributed by atoms with van der Waals surface area (Å²) in [5.41, 5.74) is 0.747. The second-order valence-electron chi connectivity index (χ2n) is 7.36. The normalized spacial score (nSPS) is 21.4. The van der Waals surface area contributed by atoms with Crippen LogP contribution in [-0.2, 0) is 4.79 Å². The maximum atomic E-state index is 12.2. The molecule has 3 heterocycles. The van der Waals surface area contributed by atoms with Gasteiger partial charge in [0.05, 0.1) is 5.75 Å². The van der Waals surface area contributed by atoms with E-state index in [1.165, 1.54) is 37.4 Å². The first-order valence-corrected chi connectivity index (χ1v) is 11.3. The van der Waals surface area contributed by atoms with Crippen molar-refractivity contribution in [3.63, 3.8) is 0 Å². The van der Waals surface area contributed by atoms with E-state index in [-0.39, 0.29) is 5.91 Å². The third-order valence-electron chi connectivity index (χ3n) is 5.14. The van der Waals surface area contributed by atoms with E-state index in [1.54, 1.807) is 17.7 Å². The second-order valence-corrected chi connectivity index (χ2v) is 9.30. The van der Waals surface area contributed by atoms with E-state index in [1.807, 2.05) is 0 Å². The smallest absolute Gasteiger partial charge is 0.230 e. The Kier molecular flexibility index (Phi) is 5.59. The van der Waals surface area contributed by atoms with E-state index >= 15 is 0 Å². The fourth-order valence-electron chi connectivity index (χ4n) is 3.80. The molecule has 1 saturated carbocycles. The summed E-state index contributed by atoms with van der Waals surface area (Å²) in [4.78, 5) is 28.0. The van der Waals surface area contributed by atoms with Crippen LogP contribution in [0, 0.1) is 5.92 Å². The molecule has 4 rings (SSSR count). The molecule has 1 saturated heterocycles. The number of piperidine rings is 1. The molecule has 6 nitrogen and oxygen atoms in total. The van der Waals surface area contributed by atoms with E-state index in [4.69, 9.17) is 4.98 Å². The summed E-state index contributed by atoms with van der Waals surface area (Å²) in [6.07, 6.45) is 8.74. The number of hydrogen-bond donors (Lipinski definition) is 1. The fourth-order valence-corrected chi connectivity index (χ4v) is 5.73. The van der Waals surface area contributed by atoms with Gasteiger partial charge < -0.3 is 10.2 Å². The number of carbonyl (C=O) groups is 1. The minimum atomic E-state index is 0.100. The molecule has 1 aliphatic heterocycles. The van der Waals surface area contributed by atoms with Crippen molar-refractivity contribution in [1.82, 2.24) is 20.3 Å². The van der Waals surface area contributed by atoms with Gasteiger partial charge in [0.1, 0.15) is 16.1 Å². The second kappa shape index (κ2) is 8.08. The zero-order valence-electron chi connectivity index (χ0n) is 15.1. The summed E-state index contributed by atoms with van der Waals surface area (Å²) >= 11 is 3.14. The first-order valence-electron chi connectivity index (χ1n) is 9.47. The molecule has 26 heavy (non-hydrogen) atoms. The quantitative estimate of drug-likeness (QED) is 0.622. The van der Waals surface area contributed by atoms with Gasteiger partial charge in [0, 0.05) is 19.1 Å². The van der Waals surface area contributed by atoms with Crippen LogP contribution >= 0.6 is 23.1 Å². The van der Waals surface area contributed by atoms with Crippen LogP contribution in [-0.4, -0.2) is 45.7 Å². The van der Waals surface area contributed by atoms with Crippen LogP contribution in [0.25, 0.3) is 10.3 Å². The lowest BCUT2D eigenvalue weighted by molar-refractivity contribution is -0.119. The monoisotopic (exact) mass is 391 g/mol. The topological polar surface area (TPSA) is 71.0 Å². The maximum Gasteiger partial charge on any atom is 0.230 e. The fraction of sp³-hybridized carbons (Fsp3) is 0.667. The Labute approximate surface area is 162 Å². The molecular weight excluding hydrogens is 366 g/mol. The standard InChI is InChI=1S/C18H25N5OS2/c1-12-5-4-8-23(9-12)18-22-16-15(26-18)17(20-11-19-16)25-10-14(24)21-13-6-2-3-7-13/h11-13H,2-10H2,1H3,(H,21,24). The Hall–Kier alpha value is -1.41. The average Bonchev–Trinajstić information content (AvgIpc) is 3.29. The lowest BCUT2D eigenvalue weighted by atomic mass is 10.0. The van der Waals surface area contributed by atoms with Crippen LogP contribution in [0.1, 0.15) is 45.4 Å². The molecular formula is C18H25N5OS2. The van der Waals surface area contributed by atoms with Gasteiger partial charge in [0.2, 0.25) is 5.91 Å². The first-order chi connectivity index (χ1) is 12.7. The Bertz CT molecular complexity index is 774. The van der Waals surface area contributed by atoms with E-state index in [9.17, 15) is 4.79 Å². The minimum Gasteiger partial charge on any atom is -0.353 e. The Morgan fingerprint density at radius 3 is 2.96 bits per heavy atom. The first kappa shape index (κ1) is 18.0. The molecule has 0 spiro atoms. The van der Waals surface area contributed by atoms with Crippen molar-refractivity contribution in [2.24, 2.45) is 5.92 Å². The van der Waals surface area contributed by atoms with E-state index in [0.29, 0.717) is 17.7 Å². The summed E-state index contributed by atoms with van der Waals surface area (Å²) in [6.45, 7) is 4.41. The van der Waals surface area contributed by atoms with Crippen LogP contribution < -0.4 is 10.2 Å². The number of hydrogen-bond acceptors (Lipinski definition) is 7. The predicted octanol–water partition coefficient (Wildman–Crippen LogP) is 3.47. The van der Waals surface area contributed by atoms with Crippen LogP contribution in [0.2, 0.25) is 0 Å². The van der Waals surface area contributed by atoms with Crippen molar-refractivity contribution < 1.29 is 4.79 Å².